The molecule has 12 aromatic rings. The molecule has 3 nitrogen and oxygen atoms in total. The lowest BCUT2D eigenvalue weighted by Gasteiger charge is -2.28. The minimum absolute atomic E-state index is 0.883. The van der Waals surface area contributed by atoms with E-state index in [1.165, 1.54) is 49.6 Å². The van der Waals surface area contributed by atoms with Crippen molar-refractivity contribution in [1.29, 1.82) is 0 Å². The highest BCUT2D eigenvalue weighted by Crippen LogP contribution is 2.43. The zero-order valence-electron chi connectivity index (χ0n) is 34.4. The first-order valence-electron chi connectivity index (χ1n) is 21.5. The molecule has 0 fully saturated rings. The summed E-state index contributed by atoms with van der Waals surface area (Å²) in [6.07, 6.45) is 0. The van der Waals surface area contributed by atoms with Crippen LogP contribution in [0, 0.1) is 0 Å². The molecule has 0 saturated heterocycles. The normalized spacial score (nSPS) is 11.5. The van der Waals surface area contributed by atoms with E-state index in [2.05, 4.69) is 240 Å². The largest absolute Gasteiger partial charge is 0.456 e. The van der Waals surface area contributed by atoms with Crippen LogP contribution in [0.25, 0.3) is 93.9 Å². The van der Waals surface area contributed by atoms with Gasteiger partial charge in [0.2, 0.25) is 0 Å². The number of benzene rings is 10. The summed E-state index contributed by atoms with van der Waals surface area (Å²) in [6.45, 7) is 0. The van der Waals surface area contributed by atoms with E-state index >= 15 is 0 Å². The number of furan rings is 1. The van der Waals surface area contributed by atoms with Crippen molar-refractivity contribution in [3.8, 4) is 50.2 Å². The minimum atomic E-state index is 0.883. The molecule has 10 aromatic carbocycles. The third-order valence-corrected chi connectivity index (χ3v) is 12.4. The number of aromatic nitrogens is 1. The van der Waals surface area contributed by atoms with Crippen LogP contribution >= 0.6 is 0 Å². The van der Waals surface area contributed by atoms with Gasteiger partial charge >= 0.3 is 0 Å². The maximum atomic E-state index is 6.36. The van der Waals surface area contributed by atoms with Crippen LogP contribution in [-0.2, 0) is 0 Å². The Morgan fingerprint density at radius 1 is 0.302 bits per heavy atom. The zero-order valence-corrected chi connectivity index (χ0v) is 34.4. The van der Waals surface area contributed by atoms with E-state index in [4.69, 9.17) is 4.42 Å². The maximum absolute atomic E-state index is 6.36. The van der Waals surface area contributed by atoms with E-state index in [9.17, 15) is 0 Å². The molecule has 3 heteroatoms. The molecular formula is C60H40N2O. The number of fused-ring (bicyclic) bond motifs is 6. The molecule has 0 aliphatic heterocycles. The highest BCUT2D eigenvalue weighted by Gasteiger charge is 2.19. The molecular weight excluding hydrogens is 765 g/mol. The zero-order chi connectivity index (χ0) is 41.7. The molecule has 0 spiro atoms. The van der Waals surface area contributed by atoms with Gasteiger partial charge in [-0.2, -0.15) is 0 Å². The number of hydrogen-bond donors (Lipinski definition) is 0. The molecule has 0 aliphatic rings. The Bertz CT molecular complexity index is 3550. The fourth-order valence-corrected chi connectivity index (χ4v) is 9.35. The van der Waals surface area contributed by atoms with Crippen molar-refractivity contribution in [2.75, 3.05) is 4.90 Å². The van der Waals surface area contributed by atoms with Crippen molar-refractivity contribution in [2.24, 2.45) is 0 Å². The lowest BCUT2D eigenvalue weighted by Crippen LogP contribution is -2.11. The van der Waals surface area contributed by atoms with Crippen LogP contribution in [-0.4, -0.2) is 4.57 Å². The summed E-state index contributed by atoms with van der Waals surface area (Å²) in [4.78, 5) is 2.37. The summed E-state index contributed by atoms with van der Waals surface area (Å²) in [7, 11) is 0. The van der Waals surface area contributed by atoms with E-state index in [-0.39, 0.29) is 0 Å². The van der Waals surface area contributed by atoms with Gasteiger partial charge in [-0.1, -0.05) is 170 Å². The lowest BCUT2D eigenvalue weighted by atomic mass is 9.98. The summed E-state index contributed by atoms with van der Waals surface area (Å²) in [5.74, 6) is 0. The van der Waals surface area contributed by atoms with Gasteiger partial charge in [0.25, 0.3) is 0 Å². The van der Waals surface area contributed by atoms with Gasteiger partial charge in [-0.15, -0.1) is 0 Å². The molecule has 0 amide bonds. The van der Waals surface area contributed by atoms with Crippen LogP contribution in [0.1, 0.15) is 0 Å². The second-order valence-corrected chi connectivity index (χ2v) is 16.1. The van der Waals surface area contributed by atoms with Gasteiger partial charge in [-0.25, -0.2) is 0 Å². The fourth-order valence-electron chi connectivity index (χ4n) is 9.35. The van der Waals surface area contributed by atoms with Gasteiger partial charge in [-0.05, 0) is 112 Å². The molecule has 2 aromatic heterocycles. The molecule has 0 bridgehead atoms. The molecule has 0 N–H and O–H groups in total. The average Bonchev–Trinajstić information content (AvgIpc) is 3.91. The molecule has 0 radical (unpaired) electrons. The fraction of sp³-hybridized carbons (Fsp3) is 0. The Balaban J connectivity index is 0.893. The average molecular weight is 805 g/mol. The maximum Gasteiger partial charge on any atom is 0.136 e. The third-order valence-electron chi connectivity index (χ3n) is 12.4. The number of rotatable bonds is 8. The number of anilines is 3. The van der Waals surface area contributed by atoms with Crippen LogP contribution in [0.15, 0.2) is 247 Å². The lowest BCUT2D eigenvalue weighted by molar-refractivity contribution is 0.669. The van der Waals surface area contributed by atoms with Crippen LogP contribution in [0.3, 0.4) is 0 Å². The van der Waals surface area contributed by atoms with Crippen molar-refractivity contribution in [1.82, 2.24) is 4.57 Å². The van der Waals surface area contributed by atoms with Gasteiger partial charge in [0.05, 0.1) is 16.7 Å². The van der Waals surface area contributed by atoms with Crippen LogP contribution in [0.5, 0.6) is 0 Å². The van der Waals surface area contributed by atoms with Gasteiger partial charge in [0.15, 0.2) is 0 Å². The van der Waals surface area contributed by atoms with Crippen molar-refractivity contribution >= 4 is 60.8 Å². The summed E-state index contributed by atoms with van der Waals surface area (Å²) in [5.41, 5.74) is 17.9. The quantitative estimate of drug-likeness (QED) is 0.153. The molecule has 0 aliphatic carbocycles. The van der Waals surface area contributed by atoms with Gasteiger partial charge in [0, 0.05) is 44.2 Å². The third kappa shape index (κ3) is 6.46. The number of nitrogens with zero attached hydrogens (tertiary/aromatic N) is 2. The van der Waals surface area contributed by atoms with E-state index in [0.29, 0.717) is 0 Å². The van der Waals surface area contributed by atoms with Crippen LogP contribution < -0.4 is 4.90 Å². The Morgan fingerprint density at radius 3 is 1.44 bits per heavy atom. The molecule has 0 unspecified atom stereocenters. The molecule has 63 heavy (non-hydrogen) atoms. The molecule has 0 saturated carbocycles. The topological polar surface area (TPSA) is 21.3 Å². The van der Waals surface area contributed by atoms with Gasteiger partial charge in [0.1, 0.15) is 11.2 Å². The summed E-state index contributed by atoms with van der Waals surface area (Å²) < 4.78 is 8.74. The summed E-state index contributed by atoms with van der Waals surface area (Å²) in [6, 6.07) is 87.1. The highest BCUT2D eigenvalue weighted by molar-refractivity contribution is 6.09. The Morgan fingerprint density at radius 2 is 0.778 bits per heavy atom. The first kappa shape index (κ1) is 36.5. The van der Waals surface area contributed by atoms with Crippen molar-refractivity contribution in [2.45, 2.75) is 0 Å². The van der Waals surface area contributed by atoms with E-state index in [1.54, 1.807) is 0 Å². The summed E-state index contributed by atoms with van der Waals surface area (Å²) in [5, 5.41) is 4.79. The molecule has 0 atom stereocenters. The number of para-hydroxylation sites is 4. The van der Waals surface area contributed by atoms with E-state index in [1.807, 2.05) is 12.1 Å². The number of hydrogen-bond acceptors (Lipinski definition) is 2. The standard InChI is InChI=1S/C60H40N2O/c1-2-13-41(14-3-1)43-29-34-48(35-30-43)61(56-21-8-4-17-51(56)47-33-38-55-54-20-7-11-24-59(54)63-60(55)40-47)49-36-31-44(32-37-49)42-25-27-45(28-26-42)46-15-12-16-50(39-46)62-57-22-9-5-18-52(57)53-19-6-10-23-58(53)62/h1-40H. The Labute approximate surface area is 366 Å². The first-order chi connectivity index (χ1) is 31.2. The predicted molar refractivity (Wildman–Crippen MR) is 264 cm³/mol. The molecule has 2 heterocycles. The van der Waals surface area contributed by atoms with Crippen molar-refractivity contribution in [3.05, 3.63) is 243 Å². The minimum Gasteiger partial charge on any atom is -0.456 e. The molecule has 12 rings (SSSR count). The van der Waals surface area contributed by atoms with Crippen molar-refractivity contribution in [3.63, 3.8) is 0 Å². The molecule has 296 valence electrons. The Hall–Kier alpha value is -8.40. The highest BCUT2D eigenvalue weighted by atomic mass is 16.3. The van der Waals surface area contributed by atoms with Gasteiger partial charge < -0.3 is 13.9 Å². The smallest absolute Gasteiger partial charge is 0.136 e. The van der Waals surface area contributed by atoms with Crippen LogP contribution in [0.2, 0.25) is 0 Å². The second-order valence-electron chi connectivity index (χ2n) is 16.1. The predicted octanol–water partition coefficient (Wildman–Crippen LogP) is 16.8. The first-order valence-corrected chi connectivity index (χ1v) is 21.5. The van der Waals surface area contributed by atoms with Crippen molar-refractivity contribution < 1.29 is 4.42 Å². The SMILES string of the molecule is c1ccc(-c2ccc(N(c3ccc(-c4ccc(-c5cccc(-n6c7ccccc7c7ccccc76)c5)cc4)cc3)c3ccccc3-c3ccc4c(c3)oc3ccccc34)cc2)cc1. The van der Waals surface area contributed by atoms with E-state index < -0.39 is 0 Å². The second kappa shape index (κ2) is 15.3. The Kier molecular flexibility index (Phi) is 8.83. The summed E-state index contributed by atoms with van der Waals surface area (Å²) >= 11 is 0. The van der Waals surface area contributed by atoms with Gasteiger partial charge in [-0.3, -0.25) is 0 Å². The monoisotopic (exact) mass is 804 g/mol. The van der Waals surface area contributed by atoms with E-state index in [0.717, 1.165) is 61.4 Å². The van der Waals surface area contributed by atoms with Crippen LogP contribution in [0.4, 0.5) is 17.1 Å².